The molecule has 0 aliphatic carbocycles. The molecule has 13 nitrogen and oxygen atoms in total. The summed E-state index contributed by atoms with van der Waals surface area (Å²) in [4.78, 5) is 34.0. The van der Waals surface area contributed by atoms with Crippen molar-refractivity contribution < 1.29 is 30.5 Å². The van der Waals surface area contributed by atoms with Gasteiger partial charge in [-0.3, -0.25) is 19.5 Å². The molecule has 5 unspecified atom stereocenters. The Morgan fingerprint density at radius 3 is 2.42 bits per heavy atom. The van der Waals surface area contributed by atoms with Crippen LogP contribution in [0.1, 0.15) is 6.23 Å². The van der Waals surface area contributed by atoms with E-state index in [1.54, 1.807) is 0 Å². The van der Waals surface area contributed by atoms with E-state index in [1.165, 1.54) is 0 Å². The van der Waals surface area contributed by atoms with Crippen molar-refractivity contribution in [3.8, 4) is 0 Å². The van der Waals surface area contributed by atoms with Gasteiger partial charge in [0, 0.05) is 7.05 Å². The molecule has 6 N–H and O–H groups in total. The molecule has 0 aromatic carbocycles. The highest BCUT2D eigenvalue weighted by Gasteiger charge is 2.45. The Morgan fingerprint density at radius 2 is 1.92 bits per heavy atom. The Bertz CT molecular complexity index is 772. The molecule has 0 saturated carbocycles. The third kappa shape index (κ3) is 2.57. The molecule has 1 aliphatic rings. The molecular weight excluding hydrogens is 332 g/mol. The van der Waals surface area contributed by atoms with Gasteiger partial charge in [0.1, 0.15) is 24.4 Å². The summed E-state index contributed by atoms with van der Waals surface area (Å²) in [6.45, 7) is -0.895. The van der Waals surface area contributed by atoms with Gasteiger partial charge in [-0.25, -0.2) is 9.36 Å². The van der Waals surface area contributed by atoms with E-state index in [0.29, 0.717) is 9.13 Å². The second-order valence-corrected chi connectivity index (χ2v) is 5.29. The van der Waals surface area contributed by atoms with Crippen LogP contribution in [-0.4, -0.2) is 70.6 Å². The van der Waals surface area contributed by atoms with Gasteiger partial charge >= 0.3 is 16.9 Å². The van der Waals surface area contributed by atoms with E-state index in [2.05, 4.69) is 5.32 Å². The molecule has 0 radical (unpaired) electrons. The lowest BCUT2D eigenvalue weighted by molar-refractivity contribution is -0.386. The van der Waals surface area contributed by atoms with Crippen LogP contribution in [0.2, 0.25) is 0 Å². The summed E-state index contributed by atoms with van der Waals surface area (Å²) in [6.07, 6.45) is -7.46. The van der Waals surface area contributed by atoms with Gasteiger partial charge in [0.15, 0.2) is 12.0 Å². The molecule has 2 rings (SSSR count). The van der Waals surface area contributed by atoms with Gasteiger partial charge in [-0.1, -0.05) is 0 Å². The van der Waals surface area contributed by atoms with Gasteiger partial charge in [0.2, 0.25) is 0 Å². The number of nitro groups is 1. The lowest BCUT2D eigenvalue weighted by atomic mass is 10.0. The van der Waals surface area contributed by atoms with Crippen molar-refractivity contribution in [2.24, 2.45) is 7.05 Å². The van der Waals surface area contributed by atoms with Crippen LogP contribution in [0.5, 0.6) is 0 Å². The molecule has 0 spiro atoms. The van der Waals surface area contributed by atoms with E-state index in [9.17, 15) is 40.1 Å². The van der Waals surface area contributed by atoms with Crippen LogP contribution in [0.4, 0.5) is 11.5 Å². The normalized spacial score (nSPS) is 23.2. The fourth-order valence-corrected chi connectivity index (χ4v) is 2.47. The number of rotatable bonds is 5. The van der Waals surface area contributed by atoms with E-state index in [-0.39, 0.29) is 0 Å². The molecule has 1 aromatic rings. The number of aliphatic hydroxyl groups is 5. The summed E-state index contributed by atoms with van der Waals surface area (Å²) in [7, 11) is 0.978. The topological polar surface area (TPSA) is 200 Å². The predicted molar refractivity (Wildman–Crippen MR) is 76.4 cm³/mol. The number of anilines is 1. The zero-order valence-corrected chi connectivity index (χ0v) is 12.3. The van der Waals surface area contributed by atoms with Crippen molar-refractivity contribution in [2.75, 3.05) is 11.9 Å². The van der Waals surface area contributed by atoms with Gasteiger partial charge in [-0.05, 0) is 0 Å². The molecule has 2 heterocycles. The first-order valence-corrected chi connectivity index (χ1v) is 6.73. The van der Waals surface area contributed by atoms with Crippen molar-refractivity contribution >= 4 is 11.5 Å². The summed E-state index contributed by atoms with van der Waals surface area (Å²) in [5, 5.41) is 61.3. The number of nitrogens with one attached hydrogen (secondary N) is 1. The van der Waals surface area contributed by atoms with Crippen LogP contribution >= 0.6 is 0 Å². The third-order valence-electron chi connectivity index (χ3n) is 3.84. The SMILES string of the molecule is Cn1c(=O)c([N+](=O)[O-])c2n(c1=O)C(O)C(C(O)C(O)C(O)CO)N2. The van der Waals surface area contributed by atoms with Crippen LogP contribution in [0.15, 0.2) is 9.59 Å². The van der Waals surface area contributed by atoms with Crippen molar-refractivity contribution in [2.45, 2.75) is 30.6 Å². The first-order valence-electron chi connectivity index (χ1n) is 6.73. The Balaban J connectivity index is 2.54. The number of nitrogens with zero attached hydrogens (tertiary/aromatic N) is 3. The summed E-state index contributed by atoms with van der Waals surface area (Å²) >= 11 is 0. The average Bonchev–Trinajstić information content (AvgIpc) is 2.87. The van der Waals surface area contributed by atoms with Gasteiger partial charge in [-0.2, -0.15) is 0 Å². The van der Waals surface area contributed by atoms with Gasteiger partial charge in [-0.15, -0.1) is 0 Å². The summed E-state index contributed by atoms with van der Waals surface area (Å²) in [5.41, 5.74) is -3.32. The highest BCUT2D eigenvalue weighted by atomic mass is 16.6. The van der Waals surface area contributed by atoms with Crippen LogP contribution < -0.4 is 16.6 Å². The number of hydrogen-bond donors (Lipinski definition) is 6. The average molecular weight is 348 g/mol. The van der Waals surface area contributed by atoms with E-state index in [1.807, 2.05) is 0 Å². The fourth-order valence-electron chi connectivity index (χ4n) is 2.47. The highest BCUT2D eigenvalue weighted by molar-refractivity contribution is 5.58. The zero-order chi connectivity index (χ0) is 18.3. The minimum absolute atomic E-state index is 0.417. The summed E-state index contributed by atoms with van der Waals surface area (Å²) in [5.74, 6) is -0.629. The van der Waals surface area contributed by atoms with E-state index < -0.39 is 64.9 Å². The monoisotopic (exact) mass is 348 g/mol. The van der Waals surface area contributed by atoms with Crippen LogP contribution in [0, 0.1) is 10.1 Å². The third-order valence-corrected chi connectivity index (χ3v) is 3.84. The van der Waals surface area contributed by atoms with Crippen molar-refractivity contribution in [1.29, 1.82) is 0 Å². The highest BCUT2D eigenvalue weighted by Crippen LogP contribution is 2.32. The van der Waals surface area contributed by atoms with Crippen molar-refractivity contribution in [1.82, 2.24) is 9.13 Å². The molecule has 1 aliphatic heterocycles. The summed E-state index contributed by atoms with van der Waals surface area (Å²) in [6, 6.07) is -1.55. The quantitative estimate of drug-likeness (QED) is 0.224. The number of fused-ring (bicyclic) bond motifs is 1. The molecule has 0 saturated heterocycles. The second-order valence-electron chi connectivity index (χ2n) is 5.29. The molecule has 0 bridgehead atoms. The molecule has 0 amide bonds. The maximum Gasteiger partial charge on any atom is 0.374 e. The van der Waals surface area contributed by atoms with Gasteiger partial charge < -0.3 is 30.8 Å². The van der Waals surface area contributed by atoms with Crippen molar-refractivity contribution in [3.63, 3.8) is 0 Å². The van der Waals surface area contributed by atoms with Gasteiger partial charge in [0.05, 0.1) is 11.5 Å². The Labute approximate surface area is 132 Å². The zero-order valence-electron chi connectivity index (χ0n) is 12.3. The Hall–Kier alpha value is -2.32. The maximum atomic E-state index is 12.1. The number of aromatic nitrogens is 2. The first kappa shape index (κ1) is 18.0. The van der Waals surface area contributed by atoms with Crippen LogP contribution in [-0.2, 0) is 7.05 Å². The minimum Gasteiger partial charge on any atom is -0.394 e. The standard InChI is InChI=1S/C11H16N4O9/c1-13-10(21)5(15(23)24)8-12-4(9(20)14(8)11(13)22)7(19)6(18)3(17)2-16/h3-4,6-7,9,12,16-20H,2H2,1H3. The fraction of sp³-hybridized carbons (Fsp3) is 0.636. The molecular formula is C11H16N4O9. The predicted octanol–water partition coefficient (Wildman–Crippen LogP) is -4.18. The largest absolute Gasteiger partial charge is 0.394 e. The Kier molecular flexibility index (Phi) is 4.73. The number of hydrogen-bond acceptors (Lipinski definition) is 10. The lowest BCUT2D eigenvalue weighted by Gasteiger charge is -2.27. The molecule has 13 heteroatoms. The summed E-state index contributed by atoms with van der Waals surface area (Å²) < 4.78 is 0.908. The van der Waals surface area contributed by atoms with E-state index >= 15 is 0 Å². The van der Waals surface area contributed by atoms with E-state index in [4.69, 9.17) is 5.11 Å². The number of aliphatic hydroxyl groups excluding tert-OH is 5. The Morgan fingerprint density at radius 1 is 1.33 bits per heavy atom. The second kappa shape index (κ2) is 6.29. The molecule has 5 atom stereocenters. The molecule has 134 valence electrons. The first-order chi connectivity index (χ1) is 11.1. The van der Waals surface area contributed by atoms with E-state index in [0.717, 1.165) is 7.05 Å². The van der Waals surface area contributed by atoms with Gasteiger partial charge in [0.25, 0.3) is 0 Å². The van der Waals surface area contributed by atoms with Crippen LogP contribution in [0.25, 0.3) is 0 Å². The molecule has 1 aromatic heterocycles. The smallest absolute Gasteiger partial charge is 0.374 e. The van der Waals surface area contributed by atoms with Crippen LogP contribution in [0.3, 0.4) is 0 Å². The molecule has 24 heavy (non-hydrogen) atoms. The van der Waals surface area contributed by atoms with Crippen molar-refractivity contribution in [3.05, 3.63) is 31.0 Å². The molecule has 0 fully saturated rings. The minimum atomic E-state index is -1.92. The lowest BCUT2D eigenvalue weighted by Crippen LogP contribution is -2.50. The maximum absolute atomic E-state index is 12.1.